The van der Waals surface area contributed by atoms with Gasteiger partial charge < -0.3 is 10.1 Å². The summed E-state index contributed by atoms with van der Waals surface area (Å²) in [6.45, 7) is 4.20. The zero-order valence-electron chi connectivity index (χ0n) is 17.6. The van der Waals surface area contributed by atoms with E-state index in [2.05, 4.69) is 25.0 Å². The lowest BCUT2D eigenvalue weighted by Gasteiger charge is -2.11. The standard InChI is InChI=1S/C22H22N6O3S/c1-3-31-19-8-10-20(11-9-19)32(29,30)27-18-6-4-17(5-7-18)26-21-14-22(25-16(2)24-21)28-13-12-23-15-28/h4-15,27H,3H2,1-2H3,(H,24,25,26). The van der Waals surface area contributed by atoms with Crippen molar-refractivity contribution in [2.24, 2.45) is 0 Å². The lowest BCUT2D eigenvalue weighted by molar-refractivity contribution is 0.340. The van der Waals surface area contributed by atoms with Gasteiger partial charge in [-0.3, -0.25) is 9.29 Å². The average Bonchev–Trinajstić information content (AvgIpc) is 3.30. The van der Waals surface area contributed by atoms with Crippen molar-refractivity contribution in [3.8, 4) is 11.6 Å². The Morgan fingerprint density at radius 2 is 1.72 bits per heavy atom. The van der Waals surface area contributed by atoms with E-state index in [-0.39, 0.29) is 4.90 Å². The van der Waals surface area contributed by atoms with Crippen LogP contribution in [0.1, 0.15) is 12.7 Å². The predicted molar refractivity (Wildman–Crippen MR) is 122 cm³/mol. The summed E-state index contributed by atoms with van der Waals surface area (Å²) in [5.74, 6) is 2.54. The zero-order valence-corrected chi connectivity index (χ0v) is 18.4. The number of rotatable bonds is 8. The number of hydrogen-bond donors (Lipinski definition) is 2. The molecule has 0 atom stereocenters. The fourth-order valence-electron chi connectivity index (χ4n) is 3.01. The van der Waals surface area contributed by atoms with Crippen molar-refractivity contribution in [3.05, 3.63) is 79.1 Å². The summed E-state index contributed by atoms with van der Waals surface area (Å²) in [6.07, 6.45) is 5.14. The maximum atomic E-state index is 12.6. The molecule has 164 valence electrons. The molecule has 0 saturated heterocycles. The molecule has 0 aliphatic heterocycles. The maximum Gasteiger partial charge on any atom is 0.261 e. The number of sulfonamides is 1. The minimum absolute atomic E-state index is 0.159. The van der Waals surface area contributed by atoms with Gasteiger partial charge in [0.1, 0.15) is 29.5 Å². The second-order valence-electron chi connectivity index (χ2n) is 6.84. The topological polar surface area (TPSA) is 111 Å². The first-order valence-electron chi connectivity index (χ1n) is 9.90. The van der Waals surface area contributed by atoms with Crippen molar-refractivity contribution >= 4 is 27.2 Å². The van der Waals surface area contributed by atoms with Crippen LogP contribution in [0, 0.1) is 6.92 Å². The van der Waals surface area contributed by atoms with Crippen LogP contribution in [0.25, 0.3) is 5.82 Å². The average molecular weight is 451 g/mol. The highest BCUT2D eigenvalue weighted by atomic mass is 32.2. The molecule has 0 aliphatic carbocycles. The van der Waals surface area contributed by atoms with Gasteiger partial charge in [0.15, 0.2) is 0 Å². The van der Waals surface area contributed by atoms with Gasteiger partial charge in [0.2, 0.25) is 0 Å². The molecule has 0 radical (unpaired) electrons. The van der Waals surface area contributed by atoms with Crippen LogP contribution >= 0.6 is 0 Å². The van der Waals surface area contributed by atoms with E-state index in [0.29, 0.717) is 35.5 Å². The predicted octanol–water partition coefficient (Wildman–Crippen LogP) is 3.91. The molecule has 0 bridgehead atoms. The second kappa shape index (κ2) is 9.06. The Labute approximate surface area is 186 Å². The van der Waals surface area contributed by atoms with E-state index in [1.54, 1.807) is 65.8 Å². The molecular weight excluding hydrogens is 428 g/mol. The molecule has 2 aromatic heterocycles. The summed E-state index contributed by atoms with van der Waals surface area (Å²) in [5.41, 5.74) is 1.20. The lowest BCUT2D eigenvalue weighted by Crippen LogP contribution is -2.12. The number of anilines is 3. The van der Waals surface area contributed by atoms with Crippen LogP contribution in [0.2, 0.25) is 0 Å². The molecule has 0 spiro atoms. The SMILES string of the molecule is CCOc1ccc(S(=O)(=O)Nc2ccc(Nc3cc(-n4ccnc4)nc(C)n3)cc2)cc1. The van der Waals surface area contributed by atoms with Crippen molar-refractivity contribution in [2.75, 3.05) is 16.6 Å². The molecule has 0 amide bonds. The van der Waals surface area contributed by atoms with Gasteiger partial charge in [-0.05, 0) is 62.4 Å². The maximum absolute atomic E-state index is 12.6. The van der Waals surface area contributed by atoms with E-state index in [0.717, 1.165) is 5.69 Å². The lowest BCUT2D eigenvalue weighted by atomic mass is 10.3. The van der Waals surface area contributed by atoms with E-state index < -0.39 is 10.0 Å². The van der Waals surface area contributed by atoms with Gasteiger partial charge in [-0.15, -0.1) is 0 Å². The first-order valence-corrected chi connectivity index (χ1v) is 11.4. The van der Waals surface area contributed by atoms with Gasteiger partial charge in [-0.25, -0.2) is 23.4 Å². The molecule has 32 heavy (non-hydrogen) atoms. The molecular formula is C22H22N6O3S. The molecule has 2 aromatic carbocycles. The highest BCUT2D eigenvalue weighted by Gasteiger charge is 2.14. The Bertz CT molecular complexity index is 1290. The molecule has 0 fully saturated rings. The minimum Gasteiger partial charge on any atom is -0.494 e. The third kappa shape index (κ3) is 5.03. The van der Waals surface area contributed by atoms with Crippen molar-refractivity contribution in [2.45, 2.75) is 18.7 Å². The van der Waals surface area contributed by atoms with Crippen LogP contribution in [0.5, 0.6) is 5.75 Å². The fraction of sp³-hybridized carbons (Fsp3) is 0.136. The quantitative estimate of drug-likeness (QED) is 0.419. The van der Waals surface area contributed by atoms with E-state index in [9.17, 15) is 8.42 Å². The van der Waals surface area contributed by atoms with E-state index in [1.807, 2.05) is 13.8 Å². The number of aromatic nitrogens is 4. The van der Waals surface area contributed by atoms with E-state index in [1.165, 1.54) is 12.1 Å². The van der Waals surface area contributed by atoms with Gasteiger partial charge in [0.25, 0.3) is 10.0 Å². The van der Waals surface area contributed by atoms with Crippen molar-refractivity contribution in [1.29, 1.82) is 0 Å². The fourth-order valence-corrected chi connectivity index (χ4v) is 4.07. The molecule has 0 saturated carbocycles. The van der Waals surface area contributed by atoms with Crippen LogP contribution in [-0.4, -0.2) is 34.5 Å². The Morgan fingerprint density at radius 3 is 2.38 bits per heavy atom. The van der Waals surface area contributed by atoms with Crippen LogP contribution in [0.3, 0.4) is 0 Å². The molecule has 0 aliphatic rings. The van der Waals surface area contributed by atoms with E-state index >= 15 is 0 Å². The van der Waals surface area contributed by atoms with Crippen LogP contribution in [0.4, 0.5) is 17.2 Å². The molecule has 2 N–H and O–H groups in total. The van der Waals surface area contributed by atoms with Crippen molar-refractivity contribution < 1.29 is 13.2 Å². The van der Waals surface area contributed by atoms with Crippen LogP contribution in [0.15, 0.2) is 78.2 Å². The highest BCUT2D eigenvalue weighted by Crippen LogP contribution is 2.22. The monoisotopic (exact) mass is 450 g/mol. The number of imidazole rings is 1. The number of nitrogens with one attached hydrogen (secondary N) is 2. The van der Waals surface area contributed by atoms with Gasteiger partial charge in [0, 0.05) is 29.8 Å². The van der Waals surface area contributed by atoms with Crippen LogP contribution < -0.4 is 14.8 Å². The number of benzene rings is 2. The summed E-state index contributed by atoms with van der Waals surface area (Å²) in [6, 6.07) is 15.0. The van der Waals surface area contributed by atoms with Crippen molar-refractivity contribution in [3.63, 3.8) is 0 Å². The molecule has 0 unspecified atom stereocenters. The Morgan fingerprint density at radius 1 is 1.00 bits per heavy atom. The largest absolute Gasteiger partial charge is 0.494 e. The summed E-state index contributed by atoms with van der Waals surface area (Å²) >= 11 is 0. The Hall–Kier alpha value is -3.92. The smallest absolute Gasteiger partial charge is 0.261 e. The molecule has 2 heterocycles. The second-order valence-corrected chi connectivity index (χ2v) is 8.52. The number of nitrogens with zero attached hydrogens (tertiary/aromatic N) is 4. The van der Waals surface area contributed by atoms with Gasteiger partial charge in [-0.1, -0.05) is 0 Å². The number of hydrogen-bond acceptors (Lipinski definition) is 7. The molecule has 9 nitrogen and oxygen atoms in total. The van der Waals surface area contributed by atoms with Crippen LogP contribution in [-0.2, 0) is 10.0 Å². The summed E-state index contributed by atoms with van der Waals surface area (Å²) < 4.78 is 35.0. The van der Waals surface area contributed by atoms with E-state index in [4.69, 9.17) is 4.74 Å². The van der Waals surface area contributed by atoms with Gasteiger partial charge in [0.05, 0.1) is 11.5 Å². The minimum atomic E-state index is -3.71. The van der Waals surface area contributed by atoms with Crippen molar-refractivity contribution in [1.82, 2.24) is 19.5 Å². The summed E-state index contributed by atoms with van der Waals surface area (Å²) in [5, 5.41) is 3.21. The summed E-state index contributed by atoms with van der Waals surface area (Å²) in [4.78, 5) is 13.0. The number of aryl methyl sites for hydroxylation is 1. The molecule has 4 rings (SSSR count). The first kappa shape index (κ1) is 21.3. The third-order valence-electron chi connectivity index (χ3n) is 4.45. The first-order chi connectivity index (χ1) is 15.4. The highest BCUT2D eigenvalue weighted by molar-refractivity contribution is 7.92. The van der Waals surface area contributed by atoms with Gasteiger partial charge >= 0.3 is 0 Å². The molecule has 10 heteroatoms. The normalized spacial score (nSPS) is 11.2. The Kier molecular flexibility index (Phi) is 6.04. The summed E-state index contributed by atoms with van der Waals surface area (Å²) in [7, 11) is -3.71. The number of ether oxygens (including phenoxy) is 1. The zero-order chi connectivity index (χ0) is 22.6. The van der Waals surface area contributed by atoms with Gasteiger partial charge in [-0.2, -0.15) is 0 Å². The molecule has 4 aromatic rings. The Balaban J connectivity index is 1.46. The third-order valence-corrected chi connectivity index (χ3v) is 5.85.